The zero-order valence-electron chi connectivity index (χ0n) is 21.5. The number of primary sulfonamides is 1. The topological polar surface area (TPSA) is 136 Å². The molecule has 238 valence electrons. The molecule has 0 unspecified atom stereocenters. The predicted octanol–water partition coefficient (Wildman–Crippen LogP) is 6.41. The van der Waals surface area contributed by atoms with Gasteiger partial charge in [-0.15, -0.1) is 0 Å². The van der Waals surface area contributed by atoms with E-state index < -0.39 is 89.4 Å². The van der Waals surface area contributed by atoms with Crippen molar-refractivity contribution in [2.45, 2.75) is 18.0 Å². The molecule has 0 saturated carbocycles. The number of carbonyl (C=O) groups is 2. The molecular formula is C25H18Br2F8N4O4S. The Kier molecular flexibility index (Phi) is 10.1. The average Bonchev–Trinajstić information content (AvgIpc) is 2.89. The Morgan fingerprint density at radius 3 is 1.89 bits per heavy atom. The van der Waals surface area contributed by atoms with Gasteiger partial charge in [0, 0.05) is 32.3 Å². The van der Waals surface area contributed by atoms with E-state index in [4.69, 9.17) is 10.9 Å². The summed E-state index contributed by atoms with van der Waals surface area (Å²) in [4.78, 5) is 27.0. The third kappa shape index (κ3) is 7.32. The number of hydrogen-bond donors (Lipinski definition) is 3. The molecule has 5 N–H and O–H groups in total. The maximum atomic E-state index is 15.7. The number of alkyl halides is 7. The fourth-order valence-corrected chi connectivity index (χ4v) is 5.62. The van der Waals surface area contributed by atoms with Crippen LogP contribution in [0.25, 0.3) is 0 Å². The van der Waals surface area contributed by atoms with Gasteiger partial charge in [0.25, 0.3) is 11.8 Å². The van der Waals surface area contributed by atoms with Crippen LogP contribution < -0.4 is 21.1 Å². The number of sulfonamides is 1. The van der Waals surface area contributed by atoms with E-state index in [0.717, 1.165) is 18.2 Å². The molecular weight excluding hydrogens is 764 g/mol. The number of rotatable bonds is 8. The average molecular weight is 782 g/mol. The molecule has 0 fully saturated rings. The van der Waals surface area contributed by atoms with E-state index in [1.165, 1.54) is 24.3 Å². The van der Waals surface area contributed by atoms with E-state index >= 15 is 4.39 Å². The Morgan fingerprint density at radius 1 is 0.886 bits per heavy atom. The van der Waals surface area contributed by atoms with Crippen LogP contribution in [0.4, 0.5) is 52.2 Å². The molecule has 0 spiro atoms. The standard InChI is InChI=1S/C25H18Br2F8N4O4S/c26-16-10-13(23(29,24(30,31)32)25(33,34)35)11-17(27)20(16)38-21(40)15-2-1-3-18(19(15)28)39(8-9-44(37,42)43)22(41)12-4-6-14(36)7-5-12/h1-7,10-11H,8-9,36H2,(H,38,40)(H2,37,42,43). The molecule has 8 nitrogen and oxygen atoms in total. The van der Waals surface area contributed by atoms with Crippen LogP contribution in [0.2, 0.25) is 0 Å². The monoisotopic (exact) mass is 780 g/mol. The lowest BCUT2D eigenvalue weighted by atomic mass is 9.94. The highest BCUT2D eigenvalue weighted by molar-refractivity contribution is 9.11. The molecule has 44 heavy (non-hydrogen) atoms. The fourth-order valence-electron chi connectivity index (χ4n) is 3.80. The van der Waals surface area contributed by atoms with Crippen molar-refractivity contribution in [3.63, 3.8) is 0 Å². The fraction of sp³-hybridized carbons (Fsp3) is 0.200. The summed E-state index contributed by atoms with van der Waals surface area (Å²) in [6.07, 6.45) is -12.8. The van der Waals surface area contributed by atoms with E-state index in [0.29, 0.717) is 4.90 Å². The number of nitrogens with two attached hydrogens (primary N) is 2. The summed E-state index contributed by atoms with van der Waals surface area (Å²) >= 11 is 5.40. The molecule has 0 aromatic heterocycles. The van der Waals surface area contributed by atoms with Crippen molar-refractivity contribution in [1.29, 1.82) is 0 Å². The number of halogens is 10. The van der Waals surface area contributed by atoms with Gasteiger partial charge in [0.1, 0.15) is 0 Å². The SMILES string of the molecule is Nc1ccc(C(=O)N(CCS(N)(=O)=O)c2cccc(C(=O)Nc3c(Br)cc(C(F)(C(F)(F)F)C(F)(F)F)cc3Br)c2F)cc1. The molecule has 0 bridgehead atoms. The smallest absolute Gasteiger partial charge is 0.399 e. The third-order valence-corrected chi connectivity index (χ3v) is 7.98. The first-order valence-electron chi connectivity index (χ1n) is 11.7. The van der Waals surface area contributed by atoms with Crippen LogP contribution in [0.3, 0.4) is 0 Å². The van der Waals surface area contributed by atoms with Crippen LogP contribution >= 0.6 is 31.9 Å². The van der Waals surface area contributed by atoms with Crippen LogP contribution in [0.1, 0.15) is 26.3 Å². The predicted molar refractivity (Wildman–Crippen MR) is 152 cm³/mol. The van der Waals surface area contributed by atoms with Crippen LogP contribution in [0.5, 0.6) is 0 Å². The highest BCUT2D eigenvalue weighted by Gasteiger charge is 2.73. The zero-order chi connectivity index (χ0) is 33.4. The van der Waals surface area contributed by atoms with Crippen LogP contribution in [-0.2, 0) is 15.7 Å². The number of carbonyl (C=O) groups excluding carboxylic acids is 2. The number of anilines is 3. The molecule has 0 saturated heterocycles. The first kappa shape index (κ1) is 35.2. The first-order valence-corrected chi connectivity index (χ1v) is 15.0. The van der Waals surface area contributed by atoms with Crippen LogP contribution in [0.15, 0.2) is 63.5 Å². The van der Waals surface area contributed by atoms with E-state index in [-0.39, 0.29) is 23.4 Å². The summed E-state index contributed by atoms with van der Waals surface area (Å²) in [5, 5.41) is 7.13. The molecule has 3 aromatic carbocycles. The van der Waals surface area contributed by atoms with E-state index in [2.05, 4.69) is 37.2 Å². The van der Waals surface area contributed by atoms with Gasteiger partial charge in [0.15, 0.2) is 5.82 Å². The molecule has 2 amide bonds. The minimum Gasteiger partial charge on any atom is -0.399 e. The minimum absolute atomic E-state index is 0.0440. The van der Waals surface area contributed by atoms with Gasteiger partial charge >= 0.3 is 18.0 Å². The van der Waals surface area contributed by atoms with Crippen molar-refractivity contribution in [1.82, 2.24) is 0 Å². The van der Waals surface area contributed by atoms with Gasteiger partial charge in [-0.25, -0.2) is 22.3 Å². The van der Waals surface area contributed by atoms with Crippen molar-refractivity contribution in [2.24, 2.45) is 5.14 Å². The summed E-state index contributed by atoms with van der Waals surface area (Å²) < 4.78 is 132. The van der Waals surface area contributed by atoms with E-state index in [1.54, 1.807) is 0 Å². The number of benzene rings is 3. The first-order chi connectivity index (χ1) is 20.1. The Labute approximate surface area is 260 Å². The Morgan fingerprint density at radius 2 is 1.41 bits per heavy atom. The highest BCUT2D eigenvalue weighted by Crippen LogP contribution is 2.54. The molecule has 0 aliphatic heterocycles. The molecule has 19 heteroatoms. The number of nitrogens with one attached hydrogen (secondary N) is 1. The minimum atomic E-state index is -6.41. The second kappa shape index (κ2) is 12.6. The quantitative estimate of drug-likeness (QED) is 0.179. The molecule has 0 radical (unpaired) electrons. The van der Waals surface area contributed by atoms with Gasteiger partial charge in [-0.3, -0.25) is 9.59 Å². The van der Waals surface area contributed by atoms with Crippen molar-refractivity contribution in [3.8, 4) is 0 Å². The zero-order valence-corrected chi connectivity index (χ0v) is 25.5. The Balaban J connectivity index is 2.03. The van der Waals surface area contributed by atoms with Gasteiger partial charge in [-0.05, 0) is 80.4 Å². The normalized spacial score (nSPS) is 12.6. The summed E-state index contributed by atoms with van der Waals surface area (Å²) in [5.74, 6) is -4.39. The van der Waals surface area contributed by atoms with Gasteiger partial charge < -0.3 is 16.0 Å². The van der Waals surface area contributed by atoms with E-state index in [1.807, 2.05) is 0 Å². The van der Waals surface area contributed by atoms with Gasteiger partial charge in [-0.1, -0.05) is 6.07 Å². The van der Waals surface area contributed by atoms with Crippen molar-refractivity contribution in [3.05, 3.63) is 86.1 Å². The lowest BCUT2D eigenvalue weighted by Crippen LogP contribution is -2.50. The molecule has 0 aliphatic carbocycles. The summed E-state index contributed by atoms with van der Waals surface area (Å²) in [6.45, 7) is -0.661. The molecule has 0 heterocycles. The third-order valence-electron chi connectivity index (χ3n) is 5.98. The molecule has 0 aliphatic rings. The van der Waals surface area contributed by atoms with Crippen molar-refractivity contribution >= 4 is 70.8 Å². The van der Waals surface area contributed by atoms with Crippen molar-refractivity contribution in [2.75, 3.05) is 28.2 Å². The maximum Gasteiger partial charge on any atom is 0.435 e. The Bertz CT molecular complexity index is 1660. The van der Waals surface area contributed by atoms with Crippen LogP contribution in [-0.4, -0.2) is 44.9 Å². The second-order valence-corrected chi connectivity index (χ2v) is 12.5. The second-order valence-electron chi connectivity index (χ2n) is 9.01. The van der Waals surface area contributed by atoms with Gasteiger partial charge in [0.05, 0.1) is 22.7 Å². The molecule has 3 aromatic rings. The summed E-state index contributed by atoms with van der Waals surface area (Å²) in [7, 11) is -4.17. The number of nitrogen functional groups attached to an aromatic ring is 1. The van der Waals surface area contributed by atoms with Gasteiger partial charge in [0.2, 0.25) is 10.0 Å². The number of amides is 2. The molecule has 3 rings (SSSR count). The maximum absolute atomic E-state index is 15.7. The van der Waals surface area contributed by atoms with Gasteiger partial charge in [-0.2, -0.15) is 26.3 Å². The van der Waals surface area contributed by atoms with Crippen molar-refractivity contribution < 1.29 is 53.1 Å². The van der Waals surface area contributed by atoms with E-state index in [9.17, 15) is 48.7 Å². The molecule has 0 atom stereocenters. The summed E-state index contributed by atoms with van der Waals surface area (Å²) in [5.41, 5.74) is -3.65. The largest absolute Gasteiger partial charge is 0.435 e. The Hall–Kier alpha value is -3.29. The number of nitrogens with zero attached hydrogens (tertiary/aromatic N) is 1. The lowest BCUT2D eigenvalue weighted by Gasteiger charge is -2.31. The van der Waals surface area contributed by atoms with Crippen LogP contribution in [0, 0.1) is 5.82 Å². The summed E-state index contributed by atoms with van der Waals surface area (Å²) in [6, 6.07) is 8.63. The lowest BCUT2D eigenvalue weighted by molar-refractivity contribution is -0.348. The number of hydrogen-bond acceptors (Lipinski definition) is 5. The highest BCUT2D eigenvalue weighted by atomic mass is 79.9.